The first-order chi connectivity index (χ1) is 18.4. The van der Waals surface area contributed by atoms with Gasteiger partial charge >= 0.3 is 148 Å². The van der Waals surface area contributed by atoms with Crippen LogP contribution in [0.1, 0.15) is 0 Å². The van der Waals surface area contributed by atoms with Crippen molar-refractivity contribution < 1.29 is 247 Å². The van der Waals surface area contributed by atoms with Crippen LogP contribution in [0.25, 0.3) is 0 Å². The van der Waals surface area contributed by atoms with Gasteiger partial charge in [-0.15, -0.1) is 0 Å². The predicted molar refractivity (Wildman–Crippen MR) is 110 cm³/mol. The fraction of sp³-hybridized carbons (Fsp3) is 0.923. The molecule has 0 aromatic heterocycles. The van der Waals surface area contributed by atoms with E-state index in [2.05, 4.69) is 13.1 Å². The van der Waals surface area contributed by atoms with Crippen LogP contribution in [0.2, 0.25) is 0 Å². The number of aliphatic hydroxyl groups excluding tert-OH is 2. The number of carboxylic acids is 1. The van der Waals surface area contributed by atoms with Gasteiger partial charge in [-0.2, -0.15) is 0 Å². The van der Waals surface area contributed by atoms with Crippen LogP contribution >= 0.6 is 0 Å². The molecule has 2 aliphatic heterocycles. The van der Waals surface area contributed by atoms with Gasteiger partial charge in [-0.3, -0.25) is 8.37 Å². The largest absolute Gasteiger partial charge is 1.00 e. The number of carbonyl (C=O) groups is 1. The molecule has 2 aliphatic rings. The van der Waals surface area contributed by atoms with Crippen LogP contribution in [0.15, 0.2) is 0 Å². The van der Waals surface area contributed by atoms with Gasteiger partial charge in [0.25, 0.3) is 0 Å². The van der Waals surface area contributed by atoms with Gasteiger partial charge in [0.05, 0.1) is 12.6 Å². The van der Waals surface area contributed by atoms with E-state index in [-0.39, 0.29) is 148 Å². The molecule has 0 aromatic rings. The summed E-state index contributed by atoms with van der Waals surface area (Å²) in [5.74, 6) is -2.25. The summed E-state index contributed by atoms with van der Waals surface area (Å²) in [4.78, 5) is 11.7. The molecule has 4 N–H and O–H groups in total. The molecule has 0 spiro atoms. The van der Waals surface area contributed by atoms with Crippen molar-refractivity contribution in [2.45, 2.75) is 61.3 Å². The van der Waals surface area contributed by atoms with Crippen LogP contribution < -0.4 is 162 Å². The average Bonchev–Trinajstić information content (AvgIpc) is 2.76. The van der Waals surface area contributed by atoms with Crippen molar-refractivity contribution in [1.29, 1.82) is 0 Å². The Kier molecular flexibility index (Phi) is 28.0. The summed E-state index contributed by atoms with van der Waals surface area (Å²) in [7, 11) is -21.9. The second-order valence-corrected chi connectivity index (χ2v) is 12.3. The van der Waals surface area contributed by atoms with Crippen molar-refractivity contribution in [3.63, 3.8) is 0 Å². The second-order valence-electron chi connectivity index (χ2n) is 7.96. The van der Waals surface area contributed by atoms with Crippen LogP contribution in [0.3, 0.4) is 0 Å². The molecular formula is C13H19N2Na5O22S4. The first kappa shape index (κ1) is 56.4. The van der Waals surface area contributed by atoms with Crippen LogP contribution in [-0.4, -0.2) is 143 Å². The Morgan fingerprint density at radius 2 is 1.22 bits per heavy atom. The van der Waals surface area contributed by atoms with Gasteiger partial charge in [0.2, 0.25) is 20.8 Å². The molecule has 0 aliphatic carbocycles. The zero-order chi connectivity index (χ0) is 31.7. The maximum absolute atomic E-state index is 11.7. The number of aliphatic carboxylic acids is 1. The van der Waals surface area contributed by atoms with E-state index < -0.39 is 115 Å². The summed E-state index contributed by atoms with van der Waals surface area (Å²) in [6, 6.07) is -4.86. The smallest absolute Gasteiger partial charge is 0.735 e. The summed E-state index contributed by atoms with van der Waals surface area (Å²) in [6.45, 7) is -1.53. The van der Waals surface area contributed by atoms with Crippen LogP contribution in [0.4, 0.5) is 0 Å². The minimum absolute atomic E-state index is 0. The van der Waals surface area contributed by atoms with Crippen molar-refractivity contribution >= 4 is 47.4 Å². The van der Waals surface area contributed by atoms with Gasteiger partial charge in [0.15, 0.2) is 33.2 Å². The molecular weight excluding hydrogens is 779 g/mol. The second kappa shape index (κ2) is 22.8. The van der Waals surface area contributed by atoms with Gasteiger partial charge in [-0.1, -0.05) is 0 Å². The summed E-state index contributed by atoms with van der Waals surface area (Å²) in [5, 5.41) is 32.8. The molecule has 242 valence electrons. The molecule has 0 aromatic carbocycles. The Morgan fingerprint density at radius 3 is 1.61 bits per heavy atom. The summed E-state index contributed by atoms with van der Waals surface area (Å²) < 4.78 is 164. The number of methoxy groups -OCH3 is 1. The summed E-state index contributed by atoms with van der Waals surface area (Å²) in [5.41, 5.74) is 0. The molecule has 0 bridgehead atoms. The Bertz CT molecular complexity index is 1390. The average molecular weight is 799 g/mol. The number of hydrogen-bond acceptors (Lipinski definition) is 22. The zero-order valence-electron chi connectivity index (χ0n) is 24.7. The van der Waals surface area contributed by atoms with Crippen molar-refractivity contribution in [2.75, 3.05) is 13.7 Å². The van der Waals surface area contributed by atoms with Crippen molar-refractivity contribution in [3.8, 4) is 0 Å². The third kappa shape index (κ3) is 18.6. The van der Waals surface area contributed by atoms with E-state index in [4.69, 9.17) is 14.2 Å². The van der Waals surface area contributed by atoms with E-state index in [1.165, 1.54) is 4.72 Å². The van der Waals surface area contributed by atoms with Gasteiger partial charge in [0, 0.05) is 7.11 Å². The number of rotatable bonds is 13. The summed E-state index contributed by atoms with van der Waals surface area (Å²) in [6.07, 6.45) is -20.0. The monoisotopic (exact) mass is 798 g/mol. The predicted octanol–water partition coefficient (Wildman–Crippen LogP) is -23.9. The van der Waals surface area contributed by atoms with E-state index in [9.17, 15) is 72.0 Å². The number of carboxylic acid groups (broad SMARTS) is 1. The molecule has 2 heterocycles. The van der Waals surface area contributed by atoms with E-state index in [0.717, 1.165) is 11.8 Å². The minimum Gasteiger partial charge on any atom is -0.735 e. The first-order valence-corrected chi connectivity index (χ1v) is 15.7. The van der Waals surface area contributed by atoms with Gasteiger partial charge < -0.3 is 57.3 Å². The molecule has 10 atom stereocenters. The van der Waals surface area contributed by atoms with Crippen LogP contribution in [0, 0.1) is 0 Å². The standard InChI is InChI=1S/C13H24N2O22S4.5Na/c1-32-12-4(14-38(20,21)22)7(17)9(10(36-12)11(18)19)35-13-5(15-39(23,24)25)8(37-41(29,30)31)6(16)3(34-13)2-33-40(26,27)28;;;;;/h3-10,12-17H,2H2,1H3,(H,18,19)(H,20,21,22)(H,23,24,25)(H,26,27,28)(H,29,30,31);;;;;/q;5*+1/p-5/t3-,4-,5-,6-,7-,8-,9+,10-,12-,13-;;;;;/m1...../s1. The molecule has 33 heteroatoms. The van der Waals surface area contributed by atoms with Gasteiger partial charge in [0.1, 0.15) is 48.7 Å². The first-order valence-electron chi connectivity index (χ1n) is 10.2. The molecule has 24 nitrogen and oxygen atoms in total. The molecule has 0 amide bonds. The van der Waals surface area contributed by atoms with Gasteiger partial charge in [-0.05, 0) is 0 Å². The fourth-order valence-electron chi connectivity index (χ4n) is 3.70. The third-order valence-corrected chi connectivity index (χ3v) is 7.18. The normalized spacial score (nSPS) is 31.8. The molecule has 0 saturated carbocycles. The van der Waals surface area contributed by atoms with E-state index in [1.807, 2.05) is 0 Å². The van der Waals surface area contributed by atoms with Crippen molar-refractivity contribution in [1.82, 2.24) is 9.44 Å². The number of aliphatic hydroxyl groups is 2. The quantitative estimate of drug-likeness (QED) is 0.0763. The number of nitrogens with one attached hydrogen (secondary N) is 2. The Labute approximate surface area is 373 Å². The van der Waals surface area contributed by atoms with Crippen molar-refractivity contribution in [3.05, 3.63) is 0 Å². The molecule has 0 unspecified atom stereocenters. The Hall–Kier alpha value is 3.71. The zero-order valence-corrected chi connectivity index (χ0v) is 37.9. The number of ether oxygens (including phenoxy) is 4. The SMILES string of the molecule is CO[C@@H]1O[C@@H](C(=O)[O-])[C@@H](O[C@H]2O[C@H](COS(=O)(=O)[O-])[C@@H](O)[C@H](OS(=O)(=O)[O-])[C@H]2NS(=O)(=O)[O-])[C@H](O)[C@H]1NS(=O)(=O)[O-].[Na+].[Na+].[Na+].[Na+].[Na+]. The maximum Gasteiger partial charge on any atom is 1.00 e. The number of hydrogen-bond donors (Lipinski definition) is 4. The molecule has 2 fully saturated rings. The topological polar surface area (TPSA) is 389 Å². The summed E-state index contributed by atoms with van der Waals surface area (Å²) >= 11 is 0. The molecule has 2 rings (SSSR count). The van der Waals surface area contributed by atoms with E-state index >= 15 is 0 Å². The Balaban J connectivity index is -0.00000176. The fourth-order valence-corrected chi connectivity index (χ4v) is 5.67. The molecule has 46 heavy (non-hydrogen) atoms. The third-order valence-electron chi connectivity index (χ3n) is 5.17. The van der Waals surface area contributed by atoms with Crippen LogP contribution in [-0.2, 0) is 73.5 Å². The molecule has 2 saturated heterocycles. The maximum atomic E-state index is 11.7. The van der Waals surface area contributed by atoms with Gasteiger partial charge in [-0.25, -0.2) is 43.1 Å². The minimum atomic E-state index is -5.93. The Morgan fingerprint density at radius 1 is 0.739 bits per heavy atom. The van der Waals surface area contributed by atoms with Crippen molar-refractivity contribution in [2.24, 2.45) is 0 Å². The van der Waals surface area contributed by atoms with E-state index in [0.29, 0.717) is 0 Å². The van der Waals surface area contributed by atoms with E-state index in [1.54, 1.807) is 0 Å². The molecule has 0 radical (unpaired) electrons. The number of carbonyl (C=O) groups excluding carboxylic acids is 1. The van der Waals surface area contributed by atoms with Crippen LogP contribution in [0.5, 0.6) is 0 Å².